The fraction of sp³-hybridized carbons (Fsp3) is 0.344. The third-order valence-corrected chi connectivity index (χ3v) is 14.0. The summed E-state index contributed by atoms with van der Waals surface area (Å²) in [4.78, 5) is 52.5. The minimum atomic E-state index is -1.48. The third-order valence-electron chi connectivity index (χ3n) is 14.0. The highest BCUT2D eigenvalue weighted by Crippen LogP contribution is 2.38. The summed E-state index contributed by atoms with van der Waals surface area (Å²) in [7, 11) is 0. The van der Waals surface area contributed by atoms with Crippen LogP contribution in [0.5, 0.6) is 23.0 Å². The van der Waals surface area contributed by atoms with Crippen LogP contribution in [0, 0.1) is 37.1 Å². The van der Waals surface area contributed by atoms with Gasteiger partial charge in [0.25, 0.3) is 11.7 Å². The van der Waals surface area contributed by atoms with Crippen LogP contribution in [0.4, 0.5) is 17.6 Å². The molecule has 15 nitrogen and oxygen atoms in total. The molecule has 0 aromatic heterocycles. The maximum absolute atomic E-state index is 14.7. The van der Waals surface area contributed by atoms with Gasteiger partial charge in [-0.15, -0.1) is 0 Å². The number of hydrogen-bond donors (Lipinski definition) is 5. The van der Waals surface area contributed by atoms with Gasteiger partial charge in [-0.1, -0.05) is 56.0 Å². The molecule has 2 fully saturated rings. The second-order valence-electron chi connectivity index (χ2n) is 19.7. The number of rotatable bonds is 15. The van der Waals surface area contributed by atoms with Crippen LogP contribution < -0.4 is 30.0 Å². The first-order chi connectivity index (χ1) is 37.9. The van der Waals surface area contributed by atoms with Crippen LogP contribution in [0.2, 0.25) is 0 Å². The number of ether oxygens (including phenoxy) is 4. The first-order valence-electron chi connectivity index (χ1n) is 26.0. The van der Waals surface area contributed by atoms with E-state index in [0.29, 0.717) is 37.6 Å². The van der Waals surface area contributed by atoms with Crippen molar-refractivity contribution in [1.29, 1.82) is 0 Å². The number of Topliss-reactive ketones (excluding diaryl/α,β-unsaturated/α-hetero) is 2. The standard InChI is InChI=1S/C30H30F2N2O5.C15H21FN2O3.C15H11FO3.CH4/c1-18-14-20(6-9-23(18)19-4-7-22(31)8-5-19)28(36)30(37)33-25(17-34-10-2-3-11-34)27(35)21-15-24(32)29-26(16-21)38-12-13-39-29;16-11-7-10(8-13-15(11)21-6-5-20-13)14(19)12(17)9-18-3-1-2-4-18;1-9-8-11(14(17)15(18)19)4-7-13(9)10-2-5-12(16)6-3-10;/h4-9,14-16,25,27,35H,2-3,10-13,17H2,1H3,(H,33,37);7-8,12,14,19H,1-6,9,17H2;2-8H,1H3,(H,18,19);1H4/t25-,27-;12-,14-;;/m11../s1. The first-order valence-corrected chi connectivity index (χ1v) is 26.0. The van der Waals surface area contributed by atoms with E-state index in [9.17, 15) is 47.0 Å². The van der Waals surface area contributed by atoms with Gasteiger partial charge in [0.05, 0.1) is 12.1 Å². The van der Waals surface area contributed by atoms with Crippen molar-refractivity contribution in [2.75, 3.05) is 65.7 Å². The molecule has 424 valence electrons. The Morgan fingerprint density at radius 3 is 1.41 bits per heavy atom. The Morgan fingerprint density at radius 1 is 0.562 bits per heavy atom. The number of amides is 1. The maximum Gasteiger partial charge on any atom is 0.377 e. The number of carbonyl (C=O) groups is 4. The number of nitrogens with zero attached hydrogens (tertiary/aromatic N) is 2. The van der Waals surface area contributed by atoms with Crippen LogP contribution in [0.25, 0.3) is 22.3 Å². The van der Waals surface area contributed by atoms with Crippen molar-refractivity contribution in [1.82, 2.24) is 15.1 Å². The summed E-state index contributed by atoms with van der Waals surface area (Å²) < 4.78 is 76.3. The van der Waals surface area contributed by atoms with Gasteiger partial charge in [-0.2, -0.15) is 0 Å². The largest absolute Gasteiger partial charge is 0.486 e. The summed E-state index contributed by atoms with van der Waals surface area (Å²) in [5, 5.41) is 33.0. The number of benzene rings is 6. The molecule has 4 heterocycles. The van der Waals surface area contributed by atoms with Crippen molar-refractivity contribution in [3.8, 4) is 45.3 Å². The van der Waals surface area contributed by atoms with Crippen LogP contribution >= 0.6 is 0 Å². The molecular weight excluding hydrogens is 1040 g/mol. The molecule has 10 rings (SSSR count). The number of carboxylic acid groups (broad SMARTS) is 1. The predicted octanol–water partition coefficient (Wildman–Crippen LogP) is 8.97. The monoisotopic (exact) mass is 1110 g/mol. The van der Waals surface area contributed by atoms with Crippen molar-refractivity contribution < 1.29 is 71.0 Å². The van der Waals surface area contributed by atoms with E-state index in [4.69, 9.17) is 29.8 Å². The number of halogens is 4. The summed E-state index contributed by atoms with van der Waals surface area (Å²) in [6, 6.07) is 25.8. The van der Waals surface area contributed by atoms with Crippen LogP contribution in [-0.2, 0) is 9.59 Å². The summed E-state index contributed by atoms with van der Waals surface area (Å²) in [5.41, 5.74) is 11.8. The number of likely N-dealkylation sites (tertiary alicyclic amines) is 2. The molecule has 0 aliphatic carbocycles. The molecule has 6 N–H and O–H groups in total. The molecule has 6 aromatic carbocycles. The van der Waals surface area contributed by atoms with E-state index in [1.807, 2.05) is 6.92 Å². The van der Waals surface area contributed by atoms with E-state index in [1.54, 1.807) is 61.5 Å². The molecule has 4 atom stereocenters. The number of ketones is 2. The number of fused-ring (bicyclic) bond motifs is 2. The number of aliphatic carboxylic acids is 1. The Balaban J connectivity index is 0.000000190. The lowest BCUT2D eigenvalue weighted by Gasteiger charge is -2.29. The predicted molar refractivity (Wildman–Crippen MR) is 292 cm³/mol. The van der Waals surface area contributed by atoms with Gasteiger partial charge in [-0.25, -0.2) is 22.4 Å². The molecule has 19 heteroatoms. The van der Waals surface area contributed by atoms with E-state index >= 15 is 0 Å². The number of carboxylic acids is 1. The Kier molecular flexibility index (Phi) is 20.6. The van der Waals surface area contributed by atoms with Crippen molar-refractivity contribution in [2.24, 2.45) is 5.73 Å². The number of nitrogens with one attached hydrogen (secondary N) is 1. The Labute approximate surface area is 461 Å². The van der Waals surface area contributed by atoms with Gasteiger partial charge in [0.1, 0.15) is 44.2 Å². The van der Waals surface area contributed by atoms with E-state index < -0.39 is 59.4 Å². The lowest BCUT2D eigenvalue weighted by Crippen LogP contribution is -2.48. The molecule has 6 aromatic rings. The number of carbonyl (C=O) groups excluding carboxylic acids is 3. The Morgan fingerprint density at radius 2 is 0.975 bits per heavy atom. The number of aliphatic hydroxyl groups is 2. The normalized spacial score (nSPS) is 16.1. The van der Waals surface area contributed by atoms with Gasteiger partial charge in [0, 0.05) is 30.3 Å². The highest BCUT2D eigenvalue weighted by atomic mass is 19.1. The molecule has 0 spiro atoms. The van der Waals surface area contributed by atoms with Crippen molar-refractivity contribution >= 4 is 23.4 Å². The van der Waals surface area contributed by atoms with Crippen molar-refractivity contribution in [3.63, 3.8) is 0 Å². The molecule has 0 saturated carbocycles. The fourth-order valence-electron chi connectivity index (χ4n) is 9.92. The Bertz CT molecular complexity index is 3150. The van der Waals surface area contributed by atoms with Crippen LogP contribution in [0.3, 0.4) is 0 Å². The maximum atomic E-state index is 14.7. The van der Waals surface area contributed by atoms with Crippen LogP contribution in [0.15, 0.2) is 109 Å². The molecule has 0 bridgehead atoms. The van der Waals surface area contributed by atoms with E-state index in [0.717, 1.165) is 72.4 Å². The van der Waals surface area contributed by atoms with Crippen LogP contribution in [-0.4, -0.2) is 126 Å². The molecular formula is C61H66F4N4O11. The smallest absolute Gasteiger partial charge is 0.377 e. The summed E-state index contributed by atoms with van der Waals surface area (Å²) in [5.74, 6) is -5.25. The Hall–Kier alpha value is -7.68. The summed E-state index contributed by atoms with van der Waals surface area (Å²) in [6.45, 7) is 9.30. The third kappa shape index (κ3) is 15.0. The number of nitrogens with two attached hydrogens (primary N) is 1. The average molecular weight is 1110 g/mol. The van der Waals surface area contributed by atoms with Gasteiger partial charge in [-0.05, 0) is 171 Å². The fourth-order valence-corrected chi connectivity index (χ4v) is 9.92. The van der Waals surface area contributed by atoms with Crippen LogP contribution in [0.1, 0.15) is 88.3 Å². The number of aliphatic hydroxyl groups excluding tert-OH is 2. The van der Waals surface area contributed by atoms with Crippen molar-refractivity contribution in [3.05, 3.63) is 166 Å². The average Bonchev–Trinajstić information content (AvgIpc) is 4.21. The molecule has 4 aliphatic rings. The lowest BCUT2D eigenvalue weighted by atomic mass is 9.96. The van der Waals surface area contributed by atoms with Gasteiger partial charge in [-0.3, -0.25) is 14.4 Å². The molecule has 2 saturated heterocycles. The minimum Gasteiger partial charge on any atom is -0.486 e. The van der Waals surface area contributed by atoms with E-state index in [2.05, 4.69) is 15.1 Å². The van der Waals surface area contributed by atoms with Gasteiger partial charge < -0.3 is 55.1 Å². The zero-order valence-electron chi connectivity index (χ0n) is 43.7. The molecule has 1 amide bonds. The molecule has 0 radical (unpaired) electrons. The molecule has 4 aliphatic heterocycles. The zero-order valence-corrected chi connectivity index (χ0v) is 43.7. The SMILES string of the molecule is C.Cc1cc(C(=O)C(=O)N[C@H](CN2CCCC2)[C@H](O)c2cc(F)c3c(c2)OCCO3)ccc1-c1ccc(F)cc1.Cc1cc(C(=O)C(=O)O)ccc1-c1ccc(F)cc1.N[C@H](CN1CCCC1)[C@H](O)c1cc(F)c2c(c1)OCCO2. The first kappa shape index (κ1) is 60.0. The molecule has 80 heavy (non-hydrogen) atoms. The van der Waals surface area contributed by atoms with Gasteiger partial charge in [0.15, 0.2) is 34.6 Å². The topological polar surface area (TPSA) is 210 Å². The zero-order chi connectivity index (χ0) is 56.3. The van der Waals surface area contributed by atoms with Gasteiger partial charge >= 0.3 is 5.97 Å². The second-order valence-corrected chi connectivity index (χ2v) is 19.7. The minimum absolute atomic E-state index is 0. The number of hydrogen-bond acceptors (Lipinski definition) is 13. The lowest BCUT2D eigenvalue weighted by molar-refractivity contribution is -0.131. The van der Waals surface area contributed by atoms with E-state index in [-0.39, 0.29) is 66.2 Å². The molecule has 0 unspecified atom stereocenters. The highest BCUT2D eigenvalue weighted by molar-refractivity contribution is 6.43. The van der Waals surface area contributed by atoms with Gasteiger partial charge in [0.2, 0.25) is 5.78 Å². The second kappa shape index (κ2) is 27.5. The number of aryl methyl sites for hydroxylation is 2. The van der Waals surface area contributed by atoms with Crippen molar-refractivity contribution in [2.45, 2.75) is 71.2 Å². The summed E-state index contributed by atoms with van der Waals surface area (Å²) >= 11 is 0. The quantitative estimate of drug-likeness (QED) is 0.0369. The van der Waals surface area contributed by atoms with E-state index in [1.165, 1.54) is 67.4 Å². The highest BCUT2D eigenvalue weighted by Gasteiger charge is 2.32. The summed E-state index contributed by atoms with van der Waals surface area (Å²) in [6.07, 6.45) is 2.11.